The topological polar surface area (TPSA) is 60.1 Å². The molecule has 0 unspecified atom stereocenters. The van der Waals surface area contributed by atoms with Crippen LogP contribution in [0.15, 0.2) is 27.1 Å². The lowest BCUT2D eigenvalue weighted by Gasteiger charge is -2.22. The number of hydrogen-bond donors (Lipinski definition) is 0. The predicted molar refractivity (Wildman–Crippen MR) is 84.6 cm³/mol. The molecule has 0 amide bonds. The molecule has 0 bridgehead atoms. The Bertz CT molecular complexity index is 823. The molecule has 1 spiro atoms. The van der Waals surface area contributed by atoms with Crippen molar-refractivity contribution < 1.29 is 0 Å². The number of aromatic nitrogens is 3. The van der Waals surface area contributed by atoms with Crippen molar-refractivity contribution in [2.75, 3.05) is 20.1 Å². The van der Waals surface area contributed by atoms with Crippen LogP contribution in [0.5, 0.6) is 0 Å². The number of fused-ring (bicyclic) bond motifs is 2. The maximum Gasteiger partial charge on any atom is 0.332 e. The molecule has 2 aromatic heterocycles. The van der Waals surface area contributed by atoms with Crippen LogP contribution in [0, 0.1) is 0 Å². The second kappa shape index (κ2) is 4.89. The molecule has 1 saturated heterocycles. The van der Waals surface area contributed by atoms with E-state index in [-0.39, 0.29) is 5.41 Å². The number of rotatable bonds is 2. The molecule has 0 aromatic carbocycles. The van der Waals surface area contributed by atoms with E-state index in [4.69, 9.17) is 0 Å². The van der Waals surface area contributed by atoms with Gasteiger partial charge in [-0.05, 0) is 37.9 Å². The molecule has 0 saturated carbocycles. The molecular weight excluding hydrogens is 300 g/mol. The van der Waals surface area contributed by atoms with Crippen LogP contribution in [-0.4, -0.2) is 39.4 Å². The van der Waals surface area contributed by atoms with Crippen LogP contribution in [0.25, 0.3) is 0 Å². The van der Waals surface area contributed by atoms with Crippen molar-refractivity contribution in [3.8, 4) is 0 Å². The average molecular weight is 318 g/mol. The van der Waals surface area contributed by atoms with Gasteiger partial charge in [0.05, 0.1) is 6.54 Å². The Balaban J connectivity index is 1.83. The molecule has 1 fully saturated rings. The highest BCUT2D eigenvalue weighted by molar-refractivity contribution is 7.09. The maximum atomic E-state index is 12.4. The Morgan fingerprint density at radius 2 is 2.09 bits per heavy atom. The molecule has 0 radical (unpaired) electrons. The van der Waals surface area contributed by atoms with Crippen molar-refractivity contribution >= 4 is 11.3 Å². The Morgan fingerprint density at radius 1 is 1.27 bits per heavy atom. The fraction of sp³-hybridized carbons (Fsp3) is 0.533. The van der Waals surface area contributed by atoms with E-state index >= 15 is 0 Å². The number of hydrogen-bond acceptors (Lipinski definition) is 5. The van der Waals surface area contributed by atoms with E-state index in [1.54, 1.807) is 15.9 Å². The first kappa shape index (κ1) is 13.9. The quantitative estimate of drug-likeness (QED) is 0.756. The number of nitrogens with zero attached hydrogens (tertiary/aromatic N) is 4. The molecule has 2 aliphatic rings. The average Bonchev–Trinajstić information content (AvgIpc) is 3.20. The van der Waals surface area contributed by atoms with Crippen molar-refractivity contribution in [1.29, 1.82) is 0 Å². The predicted octanol–water partition coefficient (Wildman–Crippen LogP) is 0.492. The van der Waals surface area contributed by atoms with Gasteiger partial charge in [0.2, 0.25) is 0 Å². The van der Waals surface area contributed by atoms with Crippen molar-refractivity contribution in [2.24, 2.45) is 0 Å². The monoisotopic (exact) mass is 318 g/mol. The van der Waals surface area contributed by atoms with Gasteiger partial charge in [0.25, 0.3) is 0 Å². The van der Waals surface area contributed by atoms with Crippen LogP contribution in [0.4, 0.5) is 0 Å². The second-order valence-electron chi connectivity index (χ2n) is 6.34. The third kappa shape index (κ3) is 1.99. The Kier molecular flexibility index (Phi) is 3.09. The third-order valence-corrected chi connectivity index (χ3v) is 5.71. The van der Waals surface area contributed by atoms with Gasteiger partial charge in [-0.2, -0.15) is 5.10 Å². The van der Waals surface area contributed by atoms with Crippen LogP contribution in [-0.2, 0) is 18.5 Å². The summed E-state index contributed by atoms with van der Waals surface area (Å²) in [6, 6.07) is 3.90. The third-order valence-electron chi connectivity index (χ3n) is 4.85. The number of likely N-dealkylation sites (tertiary alicyclic amines) is 1. The van der Waals surface area contributed by atoms with Crippen molar-refractivity contribution in [3.05, 3.63) is 48.9 Å². The Morgan fingerprint density at radius 3 is 2.77 bits per heavy atom. The van der Waals surface area contributed by atoms with Gasteiger partial charge in [0.1, 0.15) is 5.82 Å². The minimum Gasteiger partial charge on any atom is -0.305 e. The van der Waals surface area contributed by atoms with Crippen LogP contribution in [0.3, 0.4) is 0 Å². The molecule has 7 heteroatoms. The summed E-state index contributed by atoms with van der Waals surface area (Å²) in [7, 11) is 2.09. The Labute approximate surface area is 131 Å². The van der Waals surface area contributed by atoms with Crippen molar-refractivity contribution in [3.63, 3.8) is 0 Å². The van der Waals surface area contributed by atoms with Gasteiger partial charge >= 0.3 is 11.1 Å². The minimum absolute atomic E-state index is 0.0567. The first-order valence-corrected chi connectivity index (χ1v) is 8.40. The van der Waals surface area contributed by atoms with Gasteiger partial charge in [-0.15, -0.1) is 11.3 Å². The zero-order valence-electron chi connectivity index (χ0n) is 12.5. The molecule has 1 atom stereocenters. The fourth-order valence-electron chi connectivity index (χ4n) is 3.70. The highest BCUT2D eigenvalue weighted by Crippen LogP contribution is 2.39. The Hall–Kier alpha value is -1.73. The van der Waals surface area contributed by atoms with Crippen LogP contribution in [0.2, 0.25) is 0 Å². The van der Waals surface area contributed by atoms with Gasteiger partial charge in [-0.1, -0.05) is 6.07 Å². The normalized spacial score (nSPS) is 24.2. The molecule has 22 heavy (non-hydrogen) atoms. The van der Waals surface area contributed by atoms with E-state index in [0.29, 0.717) is 13.1 Å². The standard InChI is InChI=1S/C15H18N4O2S/c1-17-6-4-15(10-17)5-7-18-12(20)13(21)19(16-14(15)18)9-11-3-2-8-22-11/h2-3,8H,4-7,9-10H2,1H3/t15-/m1/s1. The summed E-state index contributed by atoms with van der Waals surface area (Å²) in [5.41, 5.74) is -0.993. The summed E-state index contributed by atoms with van der Waals surface area (Å²) in [5.74, 6) is 0.804. The lowest BCUT2D eigenvalue weighted by atomic mass is 9.85. The first-order chi connectivity index (χ1) is 10.6. The zero-order chi connectivity index (χ0) is 15.3. The van der Waals surface area contributed by atoms with E-state index < -0.39 is 11.1 Å². The largest absolute Gasteiger partial charge is 0.332 e. The molecule has 2 aromatic rings. The molecule has 6 nitrogen and oxygen atoms in total. The van der Waals surface area contributed by atoms with E-state index in [0.717, 1.165) is 36.6 Å². The van der Waals surface area contributed by atoms with Gasteiger partial charge in [0.15, 0.2) is 0 Å². The summed E-state index contributed by atoms with van der Waals surface area (Å²) in [5, 5.41) is 6.57. The van der Waals surface area contributed by atoms with Gasteiger partial charge < -0.3 is 4.90 Å². The summed E-state index contributed by atoms with van der Waals surface area (Å²) >= 11 is 1.57. The van der Waals surface area contributed by atoms with E-state index in [9.17, 15) is 9.59 Å². The lowest BCUT2D eigenvalue weighted by Crippen LogP contribution is -2.45. The molecule has 4 heterocycles. The van der Waals surface area contributed by atoms with Crippen molar-refractivity contribution in [1.82, 2.24) is 19.2 Å². The molecule has 0 N–H and O–H groups in total. The first-order valence-electron chi connectivity index (χ1n) is 7.52. The smallest absolute Gasteiger partial charge is 0.305 e. The molecular formula is C15H18N4O2S. The van der Waals surface area contributed by atoms with Crippen LogP contribution < -0.4 is 11.1 Å². The summed E-state index contributed by atoms with van der Waals surface area (Å²) in [4.78, 5) is 28.0. The molecule has 116 valence electrons. The van der Waals surface area contributed by atoms with Crippen LogP contribution >= 0.6 is 11.3 Å². The van der Waals surface area contributed by atoms with Crippen LogP contribution in [0.1, 0.15) is 23.5 Å². The van der Waals surface area contributed by atoms with Gasteiger partial charge in [-0.25, -0.2) is 4.68 Å². The molecule has 4 rings (SSSR count). The highest BCUT2D eigenvalue weighted by atomic mass is 32.1. The summed E-state index contributed by atoms with van der Waals surface area (Å²) in [6.07, 6.45) is 1.91. The summed E-state index contributed by atoms with van der Waals surface area (Å²) < 4.78 is 2.96. The lowest BCUT2D eigenvalue weighted by molar-refractivity contribution is 0.357. The molecule has 0 aliphatic carbocycles. The van der Waals surface area contributed by atoms with Gasteiger partial charge in [-0.3, -0.25) is 14.2 Å². The maximum absolute atomic E-state index is 12.4. The van der Waals surface area contributed by atoms with E-state index in [1.807, 2.05) is 17.5 Å². The van der Waals surface area contributed by atoms with E-state index in [1.165, 1.54) is 4.68 Å². The SMILES string of the molecule is CN1CC[C@@]2(CCn3c2nn(Cc2cccs2)c(=O)c3=O)C1. The number of thiophene rings is 1. The van der Waals surface area contributed by atoms with Crippen molar-refractivity contribution in [2.45, 2.75) is 31.3 Å². The fourth-order valence-corrected chi connectivity index (χ4v) is 4.38. The molecule has 2 aliphatic heterocycles. The zero-order valence-corrected chi connectivity index (χ0v) is 13.3. The van der Waals surface area contributed by atoms with E-state index in [2.05, 4.69) is 17.0 Å². The number of likely N-dealkylation sites (N-methyl/N-ethyl adjacent to an activating group) is 1. The van der Waals surface area contributed by atoms with Gasteiger partial charge in [0, 0.05) is 23.4 Å². The minimum atomic E-state index is -0.513. The second-order valence-corrected chi connectivity index (χ2v) is 7.37. The summed E-state index contributed by atoms with van der Waals surface area (Å²) in [6.45, 7) is 2.92. The highest BCUT2D eigenvalue weighted by Gasteiger charge is 2.46.